The van der Waals surface area contributed by atoms with Gasteiger partial charge in [0.25, 0.3) is 0 Å². The van der Waals surface area contributed by atoms with Gasteiger partial charge in [0.15, 0.2) is 5.82 Å². The Morgan fingerprint density at radius 2 is 2.00 bits per heavy atom. The van der Waals surface area contributed by atoms with Crippen molar-refractivity contribution in [1.29, 1.82) is 0 Å². The first-order valence-electron chi connectivity index (χ1n) is 4.19. The van der Waals surface area contributed by atoms with Crippen molar-refractivity contribution < 1.29 is 4.79 Å². The van der Waals surface area contributed by atoms with Gasteiger partial charge in [0, 0.05) is 11.1 Å². The third kappa shape index (κ3) is 1.96. The average molecular weight is 220 g/mol. The molecule has 0 radical (unpaired) electrons. The molecule has 0 unspecified atom stereocenters. The van der Waals surface area contributed by atoms with E-state index in [1.807, 2.05) is 0 Å². The largest absolute Gasteiger partial charge is 0.242 e. The molecule has 2 aromatic rings. The van der Waals surface area contributed by atoms with Crippen molar-refractivity contribution in [2.24, 2.45) is 4.99 Å². The van der Waals surface area contributed by atoms with E-state index in [1.165, 1.54) is 10.8 Å². The van der Waals surface area contributed by atoms with Gasteiger partial charge in [-0.2, -0.15) is 5.10 Å². The van der Waals surface area contributed by atoms with Crippen molar-refractivity contribution in [2.45, 2.75) is 0 Å². The van der Waals surface area contributed by atoms with Gasteiger partial charge in [-0.15, -0.1) is 4.99 Å². The third-order valence-electron chi connectivity index (χ3n) is 1.85. The summed E-state index contributed by atoms with van der Waals surface area (Å²) in [6.07, 6.45) is 3.04. The second-order valence-electron chi connectivity index (χ2n) is 2.78. The number of rotatable bonds is 2. The van der Waals surface area contributed by atoms with Crippen LogP contribution in [0.2, 0.25) is 5.02 Å². The maximum Gasteiger partial charge on any atom is 0.242 e. The molecule has 0 atom stereocenters. The lowest BCUT2D eigenvalue weighted by Gasteiger charge is -2.02. The van der Waals surface area contributed by atoms with E-state index < -0.39 is 0 Å². The molecule has 0 saturated carbocycles. The summed E-state index contributed by atoms with van der Waals surface area (Å²) in [7, 11) is 0. The highest BCUT2D eigenvalue weighted by molar-refractivity contribution is 6.30. The molecule has 0 bridgehead atoms. The minimum atomic E-state index is 0.437. The third-order valence-corrected chi connectivity index (χ3v) is 2.11. The molecule has 5 heteroatoms. The lowest BCUT2D eigenvalue weighted by Crippen LogP contribution is -1.94. The number of carbonyl (C=O) groups excluding carboxylic acids is 1. The highest BCUT2D eigenvalue weighted by atomic mass is 35.5. The zero-order valence-corrected chi connectivity index (χ0v) is 8.35. The lowest BCUT2D eigenvalue weighted by atomic mass is 10.3. The molecular weight excluding hydrogens is 214 g/mol. The normalized spacial score (nSPS) is 9.67. The summed E-state index contributed by atoms with van der Waals surface area (Å²) in [6.45, 7) is 0. The molecule has 0 amide bonds. The van der Waals surface area contributed by atoms with Crippen LogP contribution in [0.5, 0.6) is 0 Å². The van der Waals surface area contributed by atoms with Crippen molar-refractivity contribution in [2.75, 3.05) is 0 Å². The minimum absolute atomic E-state index is 0.437. The van der Waals surface area contributed by atoms with Crippen molar-refractivity contribution in [3.63, 3.8) is 0 Å². The number of isocyanates is 1. The number of aromatic nitrogens is 2. The second-order valence-corrected chi connectivity index (χ2v) is 3.22. The summed E-state index contributed by atoms with van der Waals surface area (Å²) >= 11 is 5.76. The van der Waals surface area contributed by atoms with Gasteiger partial charge in [-0.25, -0.2) is 9.48 Å². The number of aliphatic imine (C=N–C) groups is 1. The predicted molar refractivity (Wildman–Crippen MR) is 56.4 cm³/mol. The molecule has 1 aromatic carbocycles. The minimum Gasteiger partial charge on any atom is -0.215 e. The number of halogens is 1. The Bertz CT molecular complexity index is 512. The SMILES string of the molecule is O=C=Nc1ccnn1-c1ccc(Cl)cc1. The molecular formula is C10H6ClN3O. The van der Waals surface area contributed by atoms with E-state index >= 15 is 0 Å². The molecule has 0 fully saturated rings. The molecule has 1 aromatic heterocycles. The van der Waals surface area contributed by atoms with Crippen molar-refractivity contribution in [3.8, 4) is 5.69 Å². The Morgan fingerprint density at radius 1 is 1.27 bits per heavy atom. The molecule has 4 nitrogen and oxygen atoms in total. The number of hydrogen-bond donors (Lipinski definition) is 0. The van der Waals surface area contributed by atoms with E-state index in [9.17, 15) is 4.79 Å². The fourth-order valence-electron chi connectivity index (χ4n) is 1.21. The molecule has 2 rings (SSSR count). The Hall–Kier alpha value is -1.90. The monoisotopic (exact) mass is 219 g/mol. The summed E-state index contributed by atoms with van der Waals surface area (Å²) in [5.74, 6) is 0.437. The standard InChI is InChI=1S/C10H6ClN3O/c11-8-1-3-9(4-2-8)14-10(12-7-15)5-6-13-14/h1-6H. The fourth-order valence-corrected chi connectivity index (χ4v) is 1.34. The van der Waals surface area contributed by atoms with Crippen LogP contribution in [-0.4, -0.2) is 15.9 Å². The van der Waals surface area contributed by atoms with E-state index in [2.05, 4.69) is 10.1 Å². The fraction of sp³-hybridized carbons (Fsp3) is 0. The number of benzene rings is 1. The van der Waals surface area contributed by atoms with E-state index in [-0.39, 0.29) is 0 Å². The first-order chi connectivity index (χ1) is 7.31. The van der Waals surface area contributed by atoms with E-state index in [0.717, 1.165) is 5.69 Å². The molecule has 0 N–H and O–H groups in total. The van der Waals surface area contributed by atoms with Gasteiger partial charge in [0.1, 0.15) is 0 Å². The van der Waals surface area contributed by atoms with Crippen molar-refractivity contribution in [1.82, 2.24) is 9.78 Å². The van der Waals surface area contributed by atoms with Crippen LogP contribution >= 0.6 is 11.6 Å². The molecule has 74 valence electrons. The summed E-state index contributed by atoms with van der Waals surface area (Å²) in [4.78, 5) is 13.7. The lowest BCUT2D eigenvalue weighted by molar-refractivity contribution is 0.565. The van der Waals surface area contributed by atoms with Gasteiger partial charge < -0.3 is 0 Å². The smallest absolute Gasteiger partial charge is 0.215 e. The van der Waals surface area contributed by atoms with E-state index in [0.29, 0.717) is 10.8 Å². The van der Waals surface area contributed by atoms with Crippen molar-refractivity contribution in [3.05, 3.63) is 41.6 Å². The van der Waals surface area contributed by atoms with Crippen LogP contribution in [0.4, 0.5) is 5.82 Å². The van der Waals surface area contributed by atoms with Gasteiger partial charge in [-0.3, -0.25) is 0 Å². The van der Waals surface area contributed by atoms with Gasteiger partial charge in [-0.1, -0.05) is 11.6 Å². The molecule has 15 heavy (non-hydrogen) atoms. The molecule has 0 aliphatic carbocycles. The van der Waals surface area contributed by atoms with E-state index in [1.54, 1.807) is 36.5 Å². The highest BCUT2D eigenvalue weighted by Gasteiger charge is 2.02. The van der Waals surface area contributed by atoms with Gasteiger partial charge in [-0.05, 0) is 24.3 Å². The number of nitrogens with zero attached hydrogens (tertiary/aromatic N) is 3. The summed E-state index contributed by atoms with van der Waals surface area (Å²) in [6, 6.07) is 8.69. The number of hydrogen-bond acceptors (Lipinski definition) is 3. The Balaban J connectivity index is 2.49. The van der Waals surface area contributed by atoms with E-state index in [4.69, 9.17) is 11.6 Å². The first-order valence-corrected chi connectivity index (χ1v) is 4.57. The van der Waals surface area contributed by atoms with Crippen LogP contribution in [0.25, 0.3) is 5.69 Å². The molecule has 0 aliphatic rings. The van der Waals surface area contributed by atoms with Crippen LogP contribution in [0.1, 0.15) is 0 Å². The van der Waals surface area contributed by atoms with Crippen LogP contribution < -0.4 is 0 Å². The maximum absolute atomic E-state index is 10.2. The van der Waals surface area contributed by atoms with Gasteiger partial charge in [0.2, 0.25) is 6.08 Å². The van der Waals surface area contributed by atoms with Gasteiger partial charge in [0.05, 0.1) is 11.9 Å². The first kappa shape index (κ1) is 9.65. The molecule has 0 spiro atoms. The highest BCUT2D eigenvalue weighted by Crippen LogP contribution is 2.18. The Morgan fingerprint density at radius 3 is 2.67 bits per heavy atom. The van der Waals surface area contributed by atoms with Crippen molar-refractivity contribution >= 4 is 23.5 Å². The van der Waals surface area contributed by atoms with Crippen LogP contribution in [0.3, 0.4) is 0 Å². The quantitative estimate of drug-likeness (QED) is 0.576. The molecule has 1 heterocycles. The summed E-state index contributed by atoms with van der Waals surface area (Å²) < 4.78 is 1.53. The average Bonchev–Trinajstić information content (AvgIpc) is 2.68. The summed E-state index contributed by atoms with van der Waals surface area (Å²) in [5.41, 5.74) is 0.790. The zero-order chi connectivity index (χ0) is 10.7. The topological polar surface area (TPSA) is 47.2 Å². The Kier molecular flexibility index (Phi) is 2.63. The van der Waals surface area contributed by atoms with Gasteiger partial charge >= 0.3 is 0 Å². The summed E-state index contributed by atoms with van der Waals surface area (Å²) in [5, 5.41) is 4.68. The Labute approximate surface area is 90.8 Å². The molecule has 0 aliphatic heterocycles. The zero-order valence-electron chi connectivity index (χ0n) is 7.59. The molecule has 0 saturated heterocycles. The van der Waals surface area contributed by atoms with Crippen LogP contribution in [-0.2, 0) is 4.79 Å². The predicted octanol–water partition coefficient (Wildman–Crippen LogP) is 2.49. The van der Waals surface area contributed by atoms with Crippen LogP contribution in [0, 0.1) is 0 Å². The van der Waals surface area contributed by atoms with Crippen LogP contribution in [0.15, 0.2) is 41.5 Å². The maximum atomic E-state index is 10.2. The second kappa shape index (κ2) is 4.09.